The van der Waals surface area contributed by atoms with Gasteiger partial charge < -0.3 is 10.7 Å². The van der Waals surface area contributed by atoms with E-state index >= 15 is 0 Å². The lowest BCUT2D eigenvalue weighted by Crippen LogP contribution is -1.99. The Balaban J connectivity index is 1.52. The molecule has 0 radical (unpaired) electrons. The summed E-state index contributed by atoms with van der Waals surface area (Å²) in [4.78, 5) is 16.5. The number of nitrogens with one attached hydrogen (secondary N) is 1. The molecule has 4 aromatic heterocycles. The van der Waals surface area contributed by atoms with Crippen LogP contribution < -0.4 is 5.73 Å². The number of aromatic amines is 1. The summed E-state index contributed by atoms with van der Waals surface area (Å²) in [7, 11) is 0. The fourth-order valence-corrected chi connectivity index (χ4v) is 3.22. The monoisotopic (exact) mass is 367 g/mol. The number of benzene rings is 1. The zero-order chi connectivity index (χ0) is 18.9. The van der Waals surface area contributed by atoms with Gasteiger partial charge in [0.05, 0.1) is 24.6 Å². The lowest BCUT2D eigenvalue weighted by Gasteiger charge is -2.02. The molecule has 0 aliphatic carbocycles. The number of aromatic nitrogens is 6. The molecule has 1 aromatic carbocycles. The van der Waals surface area contributed by atoms with E-state index in [4.69, 9.17) is 10.7 Å². The molecule has 7 nitrogen and oxygen atoms in total. The maximum Gasteiger partial charge on any atom is 0.156 e. The summed E-state index contributed by atoms with van der Waals surface area (Å²) in [5, 5.41) is 4.50. The zero-order valence-electron chi connectivity index (χ0n) is 14.9. The molecule has 0 aliphatic rings. The van der Waals surface area contributed by atoms with Gasteiger partial charge in [-0.15, -0.1) is 0 Å². The van der Waals surface area contributed by atoms with E-state index in [0.29, 0.717) is 5.82 Å². The third kappa shape index (κ3) is 2.99. The van der Waals surface area contributed by atoms with Crippen molar-refractivity contribution in [2.24, 2.45) is 0 Å². The van der Waals surface area contributed by atoms with E-state index < -0.39 is 0 Å². The second-order valence-corrected chi connectivity index (χ2v) is 6.54. The topological polar surface area (TPSA) is 98.3 Å². The molecule has 0 saturated heterocycles. The second-order valence-electron chi connectivity index (χ2n) is 6.54. The molecule has 0 aliphatic heterocycles. The van der Waals surface area contributed by atoms with Crippen LogP contribution in [0.15, 0.2) is 73.4 Å². The van der Waals surface area contributed by atoms with Gasteiger partial charge in [-0.05, 0) is 17.7 Å². The molecule has 0 amide bonds. The van der Waals surface area contributed by atoms with Crippen molar-refractivity contribution in [2.45, 2.75) is 6.54 Å². The standard InChI is InChI=1S/C21H17N7/c22-19-8-15(6-7-23-19)18-11-25-21-20(27-18)17(10-24-21)16-9-26-28(13-16)12-14-4-2-1-3-5-14/h1-11,13H,12H2,(H2,22,23)(H,24,25). The number of H-pyrrole nitrogens is 1. The smallest absolute Gasteiger partial charge is 0.156 e. The van der Waals surface area contributed by atoms with Gasteiger partial charge in [0.1, 0.15) is 11.3 Å². The lowest BCUT2D eigenvalue weighted by atomic mass is 10.1. The Morgan fingerprint density at radius 1 is 1.00 bits per heavy atom. The summed E-state index contributed by atoms with van der Waals surface area (Å²) in [5.74, 6) is 0.455. The predicted molar refractivity (Wildman–Crippen MR) is 108 cm³/mol. The fourth-order valence-electron chi connectivity index (χ4n) is 3.22. The molecule has 0 unspecified atom stereocenters. The van der Waals surface area contributed by atoms with E-state index in [-0.39, 0.29) is 0 Å². The van der Waals surface area contributed by atoms with E-state index in [9.17, 15) is 0 Å². The first-order valence-electron chi connectivity index (χ1n) is 8.89. The lowest BCUT2D eigenvalue weighted by molar-refractivity contribution is 0.687. The van der Waals surface area contributed by atoms with Gasteiger partial charge in [0, 0.05) is 35.3 Å². The summed E-state index contributed by atoms with van der Waals surface area (Å²) >= 11 is 0. The number of rotatable bonds is 4. The van der Waals surface area contributed by atoms with Crippen molar-refractivity contribution in [3.8, 4) is 22.4 Å². The Morgan fingerprint density at radius 2 is 1.89 bits per heavy atom. The minimum atomic E-state index is 0.455. The van der Waals surface area contributed by atoms with E-state index in [1.54, 1.807) is 18.5 Å². The first-order chi connectivity index (χ1) is 13.8. The van der Waals surface area contributed by atoms with E-state index in [1.165, 1.54) is 5.56 Å². The average molecular weight is 367 g/mol. The zero-order valence-corrected chi connectivity index (χ0v) is 14.9. The van der Waals surface area contributed by atoms with Gasteiger partial charge >= 0.3 is 0 Å². The first kappa shape index (κ1) is 16.2. The van der Waals surface area contributed by atoms with Crippen LogP contribution in [0.5, 0.6) is 0 Å². The molecule has 7 heteroatoms. The molecule has 5 rings (SSSR count). The summed E-state index contributed by atoms with van der Waals surface area (Å²) in [6, 6.07) is 13.9. The highest BCUT2D eigenvalue weighted by Gasteiger charge is 2.12. The quantitative estimate of drug-likeness (QED) is 0.506. The van der Waals surface area contributed by atoms with Gasteiger partial charge in [-0.3, -0.25) is 4.68 Å². The van der Waals surface area contributed by atoms with Crippen molar-refractivity contribution in [2.75, 3.05) is 5.73 Å². The fraction of sp³-hybridized carbons (Fsp3) is 0.0476. The van der Waals surface area contributed by atoms with Crippen LogP contribution in [0.3, 0.4) is 0 Å². The Labute approximate surface area is 160 Å². The van der Waals surface area contributed by atoms with Crippen molar-refractivity contribution in [1.29, 1.82) is 0 Å². The number of nitrogen functional groups attached to an aromatic ring is 1. The molecule has 136 valence electrons. The van der Waals surface area contributed by atoms with Crippen LogP contribution >= 0.6 is 0 Å². The van der Waals surface area contributed by atoms with Crippen LogP contribution in [-0.2, 0) is 6.54 Å². The molecule has 0 fully saturated rings. The molecule has 0 bridgehead atoms. The Kier molecular flexibility index (Phi) is 3.83. The number of anilines is 1. The van der Waals surface area contributed by atoms with Gasteiger partial charge in [-0.2, -0.15) is 5.10 Å². The van der Waals surface area contributed by atoms with E-state index in [0.717, 1.165) is 40.1 Å². The number of nitrogens with zero attached hydrogens (tertiary/aromatic N) is 5. The first-order valence-corrected chi connectivity index (χ1v) is 8.89. The second kappa shape index (κ2) is 6.62. The van der Waals surface area contributed by atoms with Crippen LogP contribution in [0.25, 0.3) is 33.5 Å². The van der Waals surface area contributed by atoms with Crippen LogP contribution in [-0.4, -0.2) is 29.7 Å². The molecule has 4 heterocycles. The molecule has 28 heavy (non-hydrogen) atoms. The molecule has 5 aromatic rings. The third-order valence-electron chi connectivity index (χ3n) is 4.59. The molecule has 0 spiro atoms. The van der Waals surface area contributed by atoms with Crippen LogP contribution in [0.2, 0.25) is 0 Å². The Morgan fingerprint density at radius 3 is 2.75 bits per heavy atom. The van der Waals surface area contributed by atoms with Gasteiger partial charge in [0.25, 0.3) is 0 Å². The number of fused-ring (bicyclic) bond motifs is 1. The minimum absolute atomic E-state index is 0.455. The van der Waals surface area contributed by atoms with Crippen LogP contribution in [0, 0.1) is 0 Å². The predicted octanol–water partition coefficient (Wildman–Crippen LogP) is 3.51. The average Bonchev–Trinajstić information content (AvgIpc) is 3.35. The van der Waals surface area contributed by atoms with Gasteiger partial charge in [-0.1, -0.05) is 30.3 Å². The number of nitrogens with two attached hydrogens (primary N) is 1. The number of hydrogen-bond donors (Lipinski definition) is 2. The number of hydrogen-bond acceptors (Lipinski definition) is 5. The van der Waals surface area contributed by atoms with Crippen molar-refractivity contribution in [3.05, 3.63) is 79.0 Å². The van der Waals surface area contributed by atoms with Crippen LogP contribution in [0.1, 0.15) is 5.56 Å². The van der Waals surface area contributed by atoms with E-state index in [2.05, 4.69) is 32.2 Å². The normalized spacial score (nSPS) is 11.1. The Hall–Kier alpha value is -4.00. The highest BCUT2D eigenvalue weighted by atomic mass is 15.3. The van der Waals surface area contributed by atoms with Gasteiger partial charge in [-0.25, -0.2) is 15.0 Å². The highest BCUT2D eigenvalue weighted by Crippen LogP contribution is 2.28. The molecular formula is C21H17N7. The van der Waals surface area contributed by atoms with Crippen molar-refractivity contribution in [1.82, 2.24) is 29.7 Å². The maximum atomic E-state index is 5.80. The SMILES string of the molecule is Nc1cc(-c2cnc3[nH]cc(-c4cnn(Cc5ccccc5)c4)c3n2)ccn1. The highest BCUT2D eigenvalue weighted by molar-refractivity contribution is 5.91. The Bertz CT molecular complexity index is 1250. The molecule has 3 N–H and O–H groups in total. The van der Waals surface area contributed by atoms with Crippen molar-refractivity contribution >= 4 is 17.0 Å². The molecule has 0 atom stereocenters. The maximum absolute atomic E-state index is 5.80. The third-order valence-corrected chi connectivity index (χ3v) is 4.59. The molecular weight excluding hydrogens is 350 g/mol. The van der Waals surface area contributed by atoms with Crippen LogP contribution in [0.4, 0.5) is 5.82 Å². The van der Waals surface area contributed by atoms with Crippen molar-refractivity contribution < 1.29 is 0 Å². The summed E-state index contributed by atoms with van der Waals surface area (Å²) in [5.41, 5.74) is 12.1. The van der Waals surface area contributed by atoms with E-state index in [1.807, 2.05) is 47.5 Å². The number of pyridine rings is 1. The minimum Gasteiger partial charge on any atom is -0.384 e. The van der Waals surface area contributed by atoms with Gasteiger partial charge in [0.2, 0.25) is 0 Å². The van der Waals surface area contributed by atoms with Gasteiger partial charge in [0.15, 0.2) is 5.65 Å². The summed E-state index contributed by atoms with van der Waals surface area (Å²) < 4.78 is 1.92. The summed E-state index contributed by atoms with van der Waals surface area (Å²) in [6.45, 7) is 0.719. The molecule has 0 saturated carbocycles. The largest absolute Gasteiger partial charge is 0.384 e. The summed E-state index contributed by atoms with van der Waals surface area (Å²) in [6.07, 6.45) is 9.19. The van der Waals surface area contributed by atoms with Crippen molar-refractivity contribution in [3.63, 3.8) is 0 Å².